The van der Waals surface area contributed by atoms with Crippen molar-refractivity contribution in [2.45, 2.75) is 13.0 Å². The molecule has 1 atom stereocenters. The lowest BCUT2D eigenvalue weighted by atomic mass is 9.88. The van der Waals surface area contributed by atoms with E-state index >= 15 is 0 Å². The lowest BCUT2D eigenvalue weighted by Crippen LogP contribution is -2.50. The lowest BCUT2D eigenvalue weighted by Gasteiger charge is -2.32. The van der Waals surface area contributed by atoms with Crippen LogP contribution in [0, 0.1) is 11.8 Å². The summed E-state index contributed by atoms with van der Waals surface area (Å²) in [7, 11) is 0. The minimum atomic E-state index is -0.00187. The minimum Gasteiger partial charge on any atom is -0.343 e. The van der Waals surface area contributed by atoms with Gasteiger partial charge < -0.3 is 10.6 Å². The minimum absolute atomic E-state index is 0.00187. The Labute approximate surface area is 127 Å². The van der Waals surface area contributed by atoms with Gasteiger partial charge in [0.1, 0.15) is 0 Å². The Morgan fingerprint density at radius 2 is 1.85 bits per heavy atom. The molecule has 106 valence electrons. The summed E-state index contributed by atoms with van der Waals surface area (Å²) in [6.07, 6.45) is 0. The molecule has 3 nitrogen and oxygen atoms in total. The molecule has 0 aromatic carbocycles. The van der Waals surface area contributed by atoms with Gasteiger partial charge in [-0.3, -0.25) is 4.79 Å². The zero-order valence-electron chi connectivity index (χ0n) is 11.3. The third kappa shape index (κ3) is 2.80. The molecule has 2 N–H and O–H groups in total. The van der Waals surface area contributed by atoms with E-state index in [1.54, 1.807) is 22.7 Å². The molecular weight excluding hydrogens is 288 g/mol. The van der Waals surface area contributed by atoms with Crippen molar-refractivity contribution >= 4 is 28.6 Å². The zero-order valence-corrected chi connectivity index (χ0v) is 13.0. The molecule has 1 unspecified atom stereocenters. The normalized spacial score (nSPS) is 16.9. The Balaban J connectivity index is 1.75. The smallest absolute Gasteiger partial charge is 0.224 e. The monoisotopic (exact) mass is 306 g/mol. The molecule has 1 fully saturated rings. The molecule has 0 saturated carbocycles. The van der Waals surface area contributed by atoms with E-state index in [0.717, 1.165) is 13.1 Å². The van der Waals surface area contributed by atoms with Crippen LogP contribution < -0.4 is 10.6 Å². The van der Waals surface area contributed by atoms with Gasteiger partial charge in [-0.15, -0.1) is 22.7 Å². The second kappa shape index (κ2) is 6.08. The first-order chi connectivity index (χ1) is 9.75. The van der Waals surface area contributed by atoms with Crippen molar-refractivity contribution in [2.24, 2.45) is 11.8 Å². The Morgan fingerprint density at radius 1 is 1.25 bits per heavy atom. The molecule has 2 aromatic heterocycles. The number of amides is 1. The van der Waals surface area contributed by atoms with Crippen molar-refractivity contribution in [3.05, 3.63) is 44.8 Å². The maximum atomic E-state index is 12.4. The Morgan fingerprint density at radius 3 is 2.25 bits per heavy atom. The molecule has 1 saturated heterocycles. The molecule has 2 aromatic rings. The van der Waals surface area contributed by atoms with Gasteiger partial charge in [-0.2, -0.15) is 0 Å². The highest BCUT2D eigenvalue weighted by Gasteiger charge is 2.30. The maximum Gasteiger partial charge on any atom is 0.224 e. The molecule has 1 amide bonds. The number of thiophene rings is 2. The van der Waals surface area contributed by atoms with Crippen LogP contribution in [0.4, 0.5) is 0 Å². The van der Waals surface area contributed by atoms with E-state index in [-0.39, 0.29) is 17.9 Å². The van der Waals surface area contributed by atoms with Crippen LogP contribution >= 0.6 is 22.7 Å². The summed E-state index contributed by atoms with van der Waals surface area (Å²) in [6, 6.07) is 8.24. The Hall–Kier alpha value is -1.17. The van der Waals surface area contributed by atoms with Crippen molar-refractivity contribution in [2.75, 3.05) is 13.1 Å². The Bertz CT molecular complexity index is 512. The first-order valence-electron chi connectivity index (χ1n) is 6.83. The highest BCUT2D eigenvalue weighted by molar-refractivity contribution is 7.11. The van der Waals surface area contributed by atoms with Crippen LogP contribution in [-0.4, -0.2) is 19.0 Å². The zero-order chi connectivity index (χ0) is 13.9. The number of carbonyl (C=O) groups is 1. The van der Waals surface area contributed by atoms with E-state index in [9.17, 15) is 4.79 Å². The second-order valence-corrected chi connectivity index (χ2v) is 7.14. The van der Waals surface area contributed by atoms with E-state index in [0.29, 0.717) is 5.92 Å². The Kier molecular flexibility index (Phi) is 4.19. The van der Waals surface area contributed by atoms with E-state index in [2.05, 4.69) is 33.5 Å². The summed E-state index contributed by atoms with van der Waals surface area (Å²) < 4.78 is 0. The van der Waals surface area contributed by atoms with Crippen LogP contribution in [0.5, 0.6) is 0 Å². The highest BCUT2D eigenvalue weighted by atomic mass is 32.1. The standard InChI is InChI=1S/C15H18N2OS2/c1-10(11-8-16-9-11)15(18)17-14(12-4-2-6-19-12)13-5-3-7-20-13/h2-7,10-11,14,16H,8-9H2,1H3,(H,17,18). The van der Waals surface area contributed by atoms with E-state index in [4.69, 9.17) is 0 Å². The predicted octanol–water partition coefficient (Wildman–Crippen LogP) is 2.87. The van der Waals surface area contributed by atoms with Gasteiger partial charge in [0.25, 0.3) is 0 Å². The van der Waals surface area contributed by atoms with Gasteiger partial charge in [0.15, 0.2) is 0 Å². The van der Waals surface area contributed by atoms with Crippen LogP contribution in [-0.2, 0) is 4.79 Å². The molecule has 20 heavy (non-hydrogen) atoms. The fraction of sp³-hybridized carbons (Fsp3) is 0.400. The first kappa shape index (κ1) is 13.8. The van der Waals surface area contributed by atoms with Crippen molar-refractivity contribution in [3.63, 3.8) is 0 Å². The maximum absolute atomic E-state index is 12.4. The number of hydrogen-bond acceptors (Lipinski definition) is 4. The van der Waals surface area contributed by atoms with Crippen LogP contribution in [0.2, 0.25) is 0 Å². The molecule has 5 heteroatoms. The summed E-state index contributed by atoms with van der Waals surface area (Å²) in [5, 5.41) is 10.6. The SMILES string of the molecule is CC(C(=O)NC(c1cccs1)c1cccs1)C1CNC1. The average Bonchev–Trinajstić information content (AvgIpc) is 3.06. The summed E-state index contributed by atoms with van der Waals surface area (Å²) in [5.74, 6) is 0.698. The summed E-state index contributed by atoms with van der Waals surface area (Å²) >= 11 is 3.38. The number of nitrogens with one attached hydrogen (secondary N) is 2. The molecule has 0 aliphatic carbocycles. The van der Waals surface area contributed by atoms with Gasteiger partial charge in [0.2, 0.25) is 5.91 Å². The fourth-order valence-corrected chi connectivity index (χ4v) is 4.01. The number of hydrogen-bond donors (Lipinski definition) is 2. The van der Waals surface area contributed by atoms with Crippen LogP contribution in [0.3, 0.4) is 0 Å². The van der Waals surface area contributed by atoms with Gasteiger partial charge in [0.05, 0.1) is 6.04 Å². The first-order valence-corrected chi connectivity index (χ1v) is 8.59. The van der Waals surface area contributed by atoms with Crippen molar-refractivity contribution in [3.8, 4) is 0 Å². The number of rotatable bonds is 5. The summed E-state index contributed by atoms with van der Waals surface area (Å²) in [6.45, 7) is 3.94. The van der Waals surface area contributed by atoms with Crippen LogP contribution in [0.1, 0.15) is 22.7 Å². The predicted molar refractivity (Wildman–Crippen MR) is 84.1 cm³/mol. The molecule has 0 bridgehead atoms. The van der Waals surface area contributed by atoms with Gasteiger partial charge >= 0.3 is 0 Å². The molecule has 1 aliphatic heterocycles. The van der Waals surface area contributed by atoms with E-state index in [1.165, 1.54) is 9.75 Å². The second-order valence-electron chi connectivity index (χ2n) is 5.18. The molecule has 0 spiro atoms. The van der Waals surface area contributed by atoms with Crippen LogP contribution in [0.25, 0.3) is 0 Å². The van der Waals surface area contributed by atoms with Crippen molar-refractivity contribution in [1.82, 2.24) is 10.6 Å². The molecule has 3 rings (SSSR count). The topological polar surface area (TPSA) is 41.1 Å². The molecule has 1 aliphatic rings. The van der Waals surface area contributed by atoms with E-state index in [1.807, 2.05) is 19.1 Å². The largest absolute Gasteiger partial charge is 0.343 e. The summed E-state index contributed by atoms with van der Waals surface area (Å²) in [4.78, 5) is 14.8. The lowest BCUT2D eigenvalue weighted by molar-refractivity contribution is -0.127. The van der Waals surface area contributed by atoms with Crippen molar-refractivity contribution in [1.29, 1.82) is 0 Å². The molecular formula is C15H18N2OS2. The quantitative estimate of drug-likeness (QED) is 0.892. The third-order valence-electron chi connectivity index (χ3n) is 3.88. The third-order valence-corrected chi connectivity index (χ3v) is 5.75. The van der Waals surface area contributed by atoms with Gasteiger partial charge in [0, 0.05) is 15.7 Å². The van der Waals surface area contributed by atoms with E-state index < -0.39 is 0 Å². The van der Waals surface area contributed by atoms with Gasteiger partial charge in [-0.1, -0.05) is 19.1 Å². The van der Waals surface area contributed by atoms with Gasteiger partial charge in [-0.25, -0.2) is 0 Å². The van der Waals surface area contributed by atoms with Crippen LogP contribution in [0.15, 0.2) is 35.0 Å². The summed E-state index contributed by atoms with van der Waals surface area (Å²) in [5.41, 5.74) is 0. The highest BCUT2D eigenvalue weighted by Crippen LogP contribution is 2.30. The fourth-order valence-electron chi connectivity index (χ4n) is 2.35. The van der Waals surface area contributed by atoms with Crippen molar-refractivity contribution < 1.29 is 4.79 Å². The average molecular weight is 306 g/mol. The number of carbonyl (C=O) groups excluding carboxylic acids is 1. The molecule has 3 heterocycles. The molecule has 0 radical (unpaired) electrons. The van der Waals surface area contributed by atoms with Gasteiger partial charge in [-0.05, 0) is 41.9 Å².